The second-order valence-electron chi connectivity index (χ2n) is 6.31. The summed E-state index contributed by atoms with van der Waals surface area (Å²) < 4.78 is 19.7. The molecule has 1 atom stereocenters. The van der Waals surface area contributed by atoms with Crippen molar-refractivity contribution in [2.75, 3.05) is 25.0 Å². The van der Waals surface area contributed by atoms with Gasteiger partial charge in [-0.3, -0.25) is 0 Å². The zero-order valence-corrected chi connectivity index (χ0v) is 14.5. The van der Waals surface area contributed by atoms with Crippen molar-refractivity contribution in [3.05, 3.63) is 78.3 Å². The number of halogens is 1. The highest BCUT2D eigenvalue weighted by atomic mass is 19.1. The Morgan fingerprint density at radius 2 is 2.04 bits per heavy atom. The first kappa shape index (κ1) is 17.5. The van der Waals surface area contributed by atoms with Crippen LogP contribution in [0.4, 0.5) is 10.1 Å². The third-order valence-electron chi connectivity index (χ3n) is 4.67. The van der Waals surface area contributed by atoms with E-state index in [0.717, 1.165) is 24.9 Å². The first-order chi connectivity index (χ1) is 12.3. The van der Waals surface area contributed by atoms with Crippen molar-refractivity contribution in [2.24, 2.45) is 0 Å². The van der Waals surface area contributed by atoms with Gasteiger partial charge >= 0.3 is 0 Å². The number of nitrogens with zero attached hydrogens (tertiary/aromatic N) is 1. The Kier molecular flexibility index (Phi) is 6.07. The van der Waals surface area contributed by atoms with Gasteiger partial charge in [-0.2, -0.15) is 0 Å². The topological polar surface area (TPSA) is 24.5 Å². The highest BCUT2D eigenvalue weighted by molar-refractivity contribution is 5.53. The van der Waals surface area contributed by atoms with E-state index < -0.39 is 0 Å². The maximum Gasteiger partial charge on any atom is 0.146 e. The molecule has 0 aromatic heterocycles. The lowest BCUT2D eigenvalue weighted by Gasteiger charge is -2.29. The summed E-state index contributed by atoms with van der Waals surface area (Å²) in [5, 5.41) is 3.27. The molecule has 0 bridgehead atoms. The number of benzene rings is 2. The van der Waals surface area contributed by atoms with Crippen LogP contribution in [0.3, 0.4) is 0 Å². The molecular formula is C21H25FN2O. The SMILES string of the molecule is C=CN(CCOCc1ccccc1)C1CCc2cccc(F)c2NC1. The molecule has 1 N–H and O–H groups in total. The third-order valence-corrected chi connectivity index (χ3v) is 4.67. The molecule has 1 heterocycles. The number of aryl methyl sites for hydroxylation is 1. The van der Waals surface area contributed by atoms with Gasteiger partial charge < -0.3 is 15.0 Å². The molecule has 25 heavy (non-hydrogen) atoms. The van der Waals surface area contributed by atoms with E-state index in [-0.39, 0.29) is 11.9 Å². The van der Waals surface area contributed by atoms with Gasteiger partial charge in [0.2, 0.25) is 0 Å². The Bertz CT molecular complexity index is 690. The number of hydrogen-bond donors (Lipinski definition) is 1. The van der Waals surface area contributed by atoms with Gasteiger partial charge in [-0.05, 0) is 36.2 Å². The van der Waals surface area contributed by atoms with Crippen molar-refractivity contribution in [2.45, 2.75) is 25.5 Å². The Labute approximate surface area is 149 Å². The first-order valence-electron chi connectivity index (χ1n) is 8.79. The summed E-state index contributed by atoms with van der Waals surface area (Å²) in [6.45, 7) is 6.68. The summed E-state index contributed by atoms with van der Waals surface area (Å²) in [6, 6.07) is 15.7. The first-order valence-corrected chi connectivity index (χ1v) is 8.79. The van der Waals surface area contributed by atoms with Crippen LogP contribution >= 0.6 is 0 Å². The maximum atomic E-state index is 14.0. The van der Waals surface area contributed by atoms with E-state index in [9.17, 15) is 4.39 Å². The second-order valence-corrected chi connectivity index (χ2v) is 6.31. The van der Waals surface area contributed by atoms with Crippen molar-refractivity contribution in [3.8, 4) is 0 Å². The minimum absolute atomic E-state index is 0.172. The monoisotopic (exact) mass is 340 g/mol. The number of nitrogens with one attached hydrogen (secondary N) is 1. The second kappa shape index (κ2) is 8.67. The fourth-order valence-electron chi connectivity index (χ4n) is 3.26. The van der Waals surface area contributed by atoms with E-state index in [1.807, 2.05) is 30.5 Å². The van der Waals surface area contributed by atoms with Crippen molar-refractivity contribution in [1.29, 1.82) is 0 Å². The van der Waals surface area contributed by atoms with Crippen LogP contribution < -0.4 is 5.32 Å². The number of anilines is 1. The summed E-state index contributed by atoms with van der Waals surface area (Å²) in [7, 11) is 0. The fourth-order valence-corrected chi connectivity index (χ4v) is 3.26. The Morgan fingerprint density at radius 3 is 2.84 bits per heavy atom. The molecule has 132 valence electrons. The van der Waals surface area contributed by atoms with Gasteiger partial charge in [-0.15, -0.1) is 0 Å². The van der Waals surface area contributed by atoms with Crippen LogP contribution in [0, 0.1) is 5.82 Å². The van der Waals surface area contributed by atoms with E-state index in [1.54, 1.807) is 6.07 Å². The molecule has 1 aliphatic rings. The third kappa shape index (κ3) is 4.60. The Morgan fingerprint density at radius 1 is 1.20 bits per heavy atom. The van der Waals surface area contributed by atoms with Crippen LogP contribution in [0.15, 0.2) is 61.3 Å². The predicted molar refractivity (Wildman–Crippen MR) is 100.0 cm³/mol. The minimum Gasteiger partial charge on any atom is -0.380 e. The average Bonchev–Trinajstić information content (AvgIpc) is 2.87. The zero-order chi connectivity index (χ0) is 17.5. The lowest BCUT2D eigenvalue weighted by molar-refractivity contribution is 0.0949. The molecular weight excluding hydrogens is 315 g/mol. The number of ether oxygens (including phenoxy) is 1. The molecule has 0 fully saturated rings. The quantitative estimate of drug-likeness (QED) is 0.764. The van der Waals surface area contributed by atoms with E-state index in [1.165, 1.54) is 11.6 Å². The lowest BCUT2D eigenvalue weighted by atomic mass is 10.1. The van der Waals surface area contributed by atoms with E-state index in [0.29, 0.717) is 25.4 Å². The summed E-state index contributed by atoms with van der Waals surface area (Å²) in [5.74, 6) is -0.172. The fraction of sp³-hybridized carbons (Fsp3) is 0.333. The average molecular weight is 340 g/mol. The maximum absolute atomic E-state index is 14.0. The summed E-state index contributed by atoms with van der Waals surface area (Å²) in [4.78, 5) is 2.20. The molecule has 0 amide bonds. The van der Waals surface area contributed by atoms with Crippen molar-refractivity contribution >= 4 is 5.69 Å². The molecule has 0 radical (unpaired) electrons. The standard InChI is InChI=1S/C21H25FN2O/c1-2-24(13-14-25-16-17-7-4-3-5-8-17)19-12-11-18-9-6-10-20(22)21(18)23-15-19/h2-10,19,23H,1,11-16H2. The molecule has 1 unspecified atom stereocenters. The van der Waals surface area contributed by atoms with Crippen molar-refractivity contribution in [1.82, 2.24) is 4.90 Å². The van der Waals surface area contributed by atoms with Crippen LogP contribution in [0.25, 0.3) is 0 Å². The van der Waals surface area contributed by atoms with Gasteiger partial charge in [0.05, 0.1) is 18.9 Å². The van der Waals surface area contributed by atoms with Crippen LogP contribution in [-0.2, 0) is 17.8 Å². The molecule has 2 aromatic rings. The minimum atomic E-state index is -0.172. The lowest BCUT2D eigenvalue weighted by Crippen LogP contribution is -2.38. The molecule has 0 spiro atoms. The van der Waals surface area contributed by atoms with Gasteiger partial charge in [0.25, 0.3) is 0 Å². The van der Waals surface area contributed by atoms with Crippen LogP contribution in [0.1, 0.15) is 17.5 Å². The normalized spacial score (nSPS) is 16.4. The smallest absolute Gasteiger partial charge is 0.146 e. The highest BCUT2D eigenvalue weighted by Gasteiger charge is 2.21. The van der Waals surface area contributed by atoms with E-state index in [4.69, 9.17) is 4.74 Å². The highest BCUT2D eigenvalue weighted by Crippen LogP contribution is 2.25. The molecule has 0 saturated carbocycles. The summed E-state index contributed by atoms with van der Waals surface area (Å²) in [6.07, 6.45) is 3.69. The summed E-state index contributed by atoms with van der Waals surface area (Å²) in [5.41, 5.74) is 2.87. The molecule has 4 heteroatoms. The van der Waals surface area contributed by atoms with Crippen LogP contribution in [0.5, 0.6) is 0 Å². The molecule has 0 aliphatic carbocycles. The van der Waals surface area contributed by atoms with Crippen LogP contribution in [0.2, 0.25) is 0 Å². The number of fused-ring (bicyclic) bond motifs is 1. The molecule has 0 saturated heterocycles. The predicted octanol–water partition coefficient (Wildman–Crippen LogP) is 4.21. The summed E-state index contributed by atoms with van der Waals surface area (Å²) >= 11 is 0. The van der Waals surface area contributed by atoms with E-state index in [2.05, 4.69) is 28.9 Å². The van der Waals surface area contributed by atoms with Crippen molar-refractivity contribution in [3.63, 3.8) is 0 Å². The van der Waals surface area contributed by atoms with Gasteiger partial charge in [0.1, 0.15) is 5.82 Å². The largest absolute Gasteiger partial charge is 0.380 e. The van der Waals surface area contributed by atoms with Crippen LogP contribution in [-0.4, -0.2) is 30.6 Å². The van der Waals surface area contributed by atoms with Gasteiger partial charge in [-0.25, -0.2) is 4.39 Å². The van der Waals surface area contributed by atoms with E-state index >= 15 is 0 Å². The van der Waals surface area contributed by atoms with Gasteiger partial charge in [0, 0.05) is 19.1 Å². The molecule has 2 aromatic carbocycles. The molecule has 3 nitrogen and oxygen atoms in total. The van der Waals surface area contributed by atoms with Gasteiger partial charge in [0.15, 0.2) is 0 Å². The molecule has 3 rings (SSSR count). The van der Waals surface area contributed by atoms with Crippen molar-refractivity contribution < 1.29 is 9.13 Å². The van der Waals surface area contributed by atoms with Gasteiger partial charge in [-0.1, -0.05) is 49.0 Å². The number of para-hydroxylation sites is 1. The zero-order valence-electron chi connectivity index (χ0n) is 14.5. The Hall–Kier alpha value is -2.33. The number of hydrogen-bond acceptors (Lipinski definition) is 3. The Balaban J connectivity index is 1.50. The number of rotatable bonds is 7. The molecule has 1 aliphatic heterocycles.